The molecule has 0 radical (unpaired) electrons. The molecular formula is C11H12N2O3. The molecule has 1 aromatic carbocycles. The first-order valence-electron chi connectivity index (χ1n) is 4.62. The molecule has 0 fully saturated rings. The Balaban J connectivity index is 2.83. The molecule has 0 aromatic heterocycles. The number of anilines is 1. The van der Waals surface area contributed by atoms with Gasteiger partial charge in [0.05, 0.1) is 24.4 Å². The standard InChI is InChI=1S/C11H12N2O3/c1-7(11(14)15-2)16-10-4-3-8(6-12)5-9(10)13/h3-5,7H,13H2,1-2H3. The number of hydrogen-bond acceptors (Lipinski definition) is 5. The zero-order valence-corrected chi connectivity index (χ0v) is 9.06. The second kappa shape index (κ2) is 5.03. The van der Waals surface area contributed by atoms with Crippen molar-refractivity contribution in [1.82, 2.24) is 0 Å². The normalized spacial score (nSPS) is 11.3. The third-order valence-corrected chi connectivity index (χ3v) is 1.98. The molecule has 0 spiro atoms. The van der Waals surface area contributed by atoms with Crippen LogP contribution in [0.5, 0.6) is 5.75 Å². The highest BCUT2D eigenvalue weighted by molar-refractivity contribution is 5.74. The molecule has 16 heavy (non-hydrogen) atoms. The van der Waals surface area contributed by atoms with Gasteiger partial charge in [0.2, 0.25) is 0 Å². The summed E-state index contributed by atoms with van der Waals surface area (Å²) in [6.07, 6.45) is -0.736. The Bertz CT molecular complexity index is 437. The first-order chi connectivity index (χ1) is 7.58. The molecule has 5 heteroatoms. The van der Waals surface area contributed by atoms with Gasteiger partial charge in [-0.3, -0.25) is 0 Å². The number of methoxy groups -OCH3 is 1. The molecule has 0 heterocycles. The maximum Gasteiger partial charge on any atom is 0.346 e. The fraction of sp³-hybridized carbons (Fsp3) is 0.273. The van der Waals surface area contributed by atoms with Crippen molar-refractivity contribution in [2.75, 3.05) is 12.8 Å². The molecule has 0 aliphatic rings. The van der Waals surface area contributed by atoms with Crippen molar-refractivity contribution >= 4 is 11.7 Å². The van der Waals surface area contributed by atoms with Crippen LogP contribution in [-0.4, -0.2) is 19.2 Å². The summed E-state index contributed by atoms with van der Waals surface area (Å²) >= 11 is 0. The third kappa shape index (κ3) is 2.64. The molecular weight excluding hydrogens is 208 g/mol. The Hall–Kier alpha value is -2.22. The zero-order valence-electron chi connectivity index (χ0n) is 9.06. The minimum atomic E-state index is -0.736. The van der Waals surface area contributed by atoms with Crippen LogP contribution in [0.1, 0.15) is 12.5 Å². The third-order valence-electron chi connectivity index (χ3n) is 1.98. The highest BCUT2D eigenvalue weighted by Gasteiger charge is 2.15. The van der Waals surface area contributed by atoms with Gasteiger partial charge in [0.25, 0.3) is 0 Å². The Kier molecular flexibility index (Phi) is 3.72. The van der Waals surface area contributed by atoms with E-state index in [0.29, 0.717) is 17.0 Å². The van der Waals surface area contributed by atoms with E-state index < -0.39 is 12.1 Å². The summed E-state index contributed by atoms with van der Waals surface area (Å²) in [5.74, 6) is -0.124. The van der Waals surface area contributed by atoms with Gasteiger partial charge in [-0.25, -0.2) is 4.79 Å². The second-order valence-electron chi connectivity index (χ2n) is 3.15. The van der Waals surface area contributed by atoms with Gasteiger partial charge in [0.1, 0.15) is 5.75 Å². The van der Waals surface area contributed by atoms with E-state index in [-0.39, 0.29) is 0 Å². The van der Waals surface area contributed by atoms with Crippen LogP contribution in [0, 0.1) is 11.3 Å². The number of ether oxygens (including phenoxy) is 2. The van der Waals surface area contributed by atoms with E-state index in [1.54, 1.807) is 19.1 Å². The van der Waals surface area contributed by atoms with Crippen molar-refractivity contribution in [1.29, 1.82) is 5.26 Å². The van der Waals surface area contributed by atoms with E-state index in [9.17, 15) is 4.79 Å². The lowest BCUT2D eigenvalue weighted by molar-refractivity contribution is -0.147. The monoisotopic (exact) mass is 220 g/mol. The molecule has 1 unspecified atom stereocenters. The number of esters is 1. The number of nitrogens with zero attached hydrogens (tertiary/aromatic N) is 1. The summed E-state index contributed by atoms with van der Waals surface area (Å²) < 4.78 is 9.80. The summed E-state index contributed by atoms with van der Waals surface area (Å²) in [5, 5.41) is 8.64. The lowest BCUT2D eigenvalue weighted by Crippen LogP contribution is -2.25. The number of rotatable bonds is 3. The Morgan fingerprint density at radius 3 is 2.75 bits per heavy atom. The van der Waals surface area contributed by atoms with Crippen LogP contribution in [0.4, 0.5) is 5.69 Å². The molecule has 0 saturated carbocycles. The summed E-state index contributed by atoms with van der Waals surface area (Å²) in [6, 6.07) is 6.55. The molecule has 0 saturated heterocycles. The van der Waals surface area contributed by atoms with Crippen LogP contribution in [0.25, 0.3) is 0 Å². The van der Waals surface area contributed by atoms with Crippen LogP contribution in [0.2, 0.25) is 0 Å². The van der Waals surface area contributed by atoms with Crippen molar-refractivity contribution in [3.8, 4) is 11.8 Å². The van der Waals surface area contributed by atoms with Gasteiger partial charge in [-0.1, -0.05) is 0 Å². The van der Waals surface area contributed by atoms with E-state index in [1.165, 1.54) is 13.2 Å². The number of hydrogen-bond donors (Lipinski definition) is 1. The van der Waals surface area contributed by atoms with Gasteiger partial charge in [-0.15, -0.1) is 0 Å². The Morgan fingerprint density at radius 1 is 1.56 bits per heavy atom. The van der Waals surface area contributed by atoms with Gasteiger partial charge < -0.3 is 15.2 Å². The van der Waals surface area contributed by atoms with E-state index in [1.807, 2.05) is 6.07 Å². The van der Waals surface area contributed by atoms with Gasteiger partial charge >= 0.3 is 5.97 Å². The number of nitrogens with two attached hydrogens (primary N) is 1. The van der Waals surface area contributed by atoms with Gasteiger partial charge in [0, 0.05) is 0 Å². The Morgan fingerprint density at radius 2 is 2.25 bits per heavy atom. The fourth-order valence-electron chi connectivity index (χ4n) is 1.13. The fourth-order valence-corrected chi connectivity index (χ4v) is 1.13. The van der Waals surface area contributed by atoms with Crippen molar-refractivity contribution in [2.24, 2.45) is 0 Å². The number of benzene rings is 1. The van der Waals surface area contributed by atoms with Crippen LogP contribution in [0.3, 0.4) is 0 Å². The summed E-state index contributed by atoms with van der Waals surface area (Å²) in [7, 11) is 1.28. The number of nitrogen functional groups attached to an aromatic ring is 1. The van der Waals surface area contributed by atoms with Gasteiger partial charge in [-0.2, -0.15) is 5.26 Å². The minimum Gasteiger partial charge on any atom is -0.477 e. The molecule has 0 aliphatic heterocycles. The first kappa shape index (κ1) is 11.9. The number of carbonyl (C=O) groups is 1. The van der Waals surface area contributed by atoms with E-state index >= 15 is 0 Å². The van der Waals surface area contributed by atoms with Crippen molar-refractivity contribution in [3.63, 3.8) is 0 Å². The van der Waals surface area contributed by atoms with E-state index in [2.05, 4.69) is 4.74 Å². The molecule has 5 nitrogen and oxygen atoms in total. The molecule has 2 N–H and O–H groups in total. The highest BCUT2D eigenvalue weighted by atomic mass is 16.6. The average Bonchev–Trinajstić information content (AvgIpc) is 2.30. The lowest BCUT2D eigenvalue weighted by Gasteiger charge is -2.13. The summed E-state index contributed by atoms with van der Waals surface area (Å²) in [5.41, 5.74) is 6.41. The summed E-state index contributed by atoms with van der Waals surface area (Å²) in [6.45, 7) is 1.56. The summed E-state index contributed by atoms with van der Waals surface area (Å²) in [4.78, 5) is 11.1. The molecule has 84 valence electrons. The largest absolute Gasteiger partial charge is 0.477 e. The number of nitriles is 1. The van der Waals surface area contributed by atoms with Crippen LogP contribution < -0.4 is 10.5 Å². The van der Waals surface area contributed by atoms with Gasteiger partial charge in [-0.05, 0) is 25.1 Å². The second-order valence-corrected chi connectivity index (χ2v) is 3.15. The van der Waals surface area contributed by atoms with E-state index in [0.717, 1.165) is 0 Å². The average molecular weight is 220 g/mol. The topological polar surface area (TPSA) is 85.3 Å². The molecule has 1 atom stereocenters. The molecule has 1 aromatic rings. The van der Waals surface area contributed by atoms with Crippen LogP contribution in [-0.2, 0) is 9.53 Å². The zero-order chi connectivity index (χ0) is 12.1. The SMILES string of the molecule is COC(=O)C(C)Oc1ccc(C#N)cc1N. The highest BCUT2D eigenvalue weighted by Crippen LogP contribution is 2.23. The van der Waals surface area contributed by atoms with Crippen LogP contribution in [0.15, 0.2) is 18.2 Å². The number of carbonyl (C=O) groups excluding carboxylic acids is 1. The molecule has 0 bridgehead atoms. The lowest BCUT2D eigenvalue weighted by atomic mass is 10.2. The predicted octanol–water partition coefficient (Wildman–Crippen LogP) is 1.08. The molecule has 0 amide bonds. The Labute approximate surface area is 93.4 Å². The maximum atomic E-state index is 11.1. The predicted molar refractivity (Wildman–Crippen MR) is 57.7 cm³/mol. The maximum absolute atomic E-state index is 11.1. The first-order valence-corrected chi connectivity index (χ1v) is 4.62. The molecule has 1 rings (SSSR count). The van der Waals surface area contributed by atoms with Crippen molar-refractivity contribution in [2.45, 2.75) is 13.0 Å². The minimum absolute atomic E-state index is 0.315. The quantitative estimate of drug-likeness (QED) is 0.608. The smallest absolute Gasteiger partial charge is 0.346 e. The van der Waals surface area contributed by atoms with Crippen molar-refractivity contribution < 1.29 is 14.3 Å². The van der Waals surface area contributed by atoms with Gasteiger partial charge in [0.15, 0.2) is 6.10 Å². The van der Waals surface area contributed by atoms with Crippen LogP contribution >= 0.6 is 0 Å². The van der Waals surface area contributed by atoms with E-state index in [4.69, 9.17) is 15.7 Å². The van der Waals surface area contributed by atoms with Crippen molar-refractivity contribution in [3.05, 3.63) is 23.8 Å². The molecule has 0 aliphatic carbocycles.